The highest BCUT2D eigenvalue weighted by atomic mass is 14.4. The highest BCUT2D eigenvalue weighted by molar-refractivity contribution is 6.33. The summed E-state index contributed by atoms with van der Waals surface area (Å²) >= 11 is 0. The molecule has 0 aromatic heterocycles. The summed E-state index contributed by atoms with van der Waals surface area (Å²) in [4.78, 5) is 0. The van der Waals surface area contributed by atoms with Crippen LogP contribution in [0.25, 0.3) is 284 Å². The van der Waals surface area contributed by atoms with Gasteiger partial charge in [-0.3, -0.25) is 0 Å². The van der Waals surface area contributed by atoms with E-state index >= 15 is 0 Å². The molecular formula is C134H88. The van der Waals surface area contributed by atoms with Gasteiger partial charge in [-0.15, -0.1) is 0 Å². The average molecular weight is 1700 g/mol. The molecule has 0 saturated heterocycles. The van der Waals surface area contributed by atoms with E-state index < -0.39 is 0 Å². The van der Waals surface area contributed by atoms with Crippen LogP contribution >= 0.6 is 0 Å². The van der Waals surface area contributed by atoms with Crippen LogP contribution in [0.1, 0.15) is 33.4 Å². The third-order valence-electron chi connectivity index (χ3n) is 29.9. The summed E-state index contributed by atoms with van der Waals surface area (Å²) in [5, 5.41) is 36.3. The molecule has 0 unspecified atom stereocenters. The largest absolute Gasteiger partial charge is 0.0616 e. The van der Waals surface area contributed by atoms with E-state index in [2.05, 4.69) is 466 Å². The Morgan fingerprint density at radius 1 is 0.112 bits per heavy atom. The van der Waals surface area contributed by atoms with Gasteiger partial charge in [-0.1, -0.05) is 381 Å². The van der Waals surface area contributed by atoms with Gasteiger partial charge >= 0.3 is 0 Å². The van der Waals surface area contributed by atoms with Crippen LogP contribution in [-0.2, 0) is 0 Å². The molecule has 624 valence electrons. The monoisotopic (exact) mass is 1700 g/mol. The highest BCUT2D eigenvalue weighted by Crippen LogP contribution is 2.63. The molecule has 0 aliphatic heterocycles. The molecule has 0 bridgehead atoms. The highest BCUT2D eigenvalue weighted by Gasteiger charge is 2.36. The van der Waals surface area contributed by atoms with E-state index in [9.17, 15) is 0 Å². The summed E-state index contributed by atoms with van der Waals surface area (Å²) in [6.45, 7) is 13.4. The van der Waals surface area contributed by atoms with Crippen molar-refractivity contribution in [2.45, 2.75) is 41.5 Å². The second-order valence-corrected chi connectivity index (χ2v) is 37.9. The van der Waals surface area contributed by atoms with E-state index in [4.69, 9.17) is 0 Å². The fourth-order valence-corrected chi connectivity index (χ4v) is 23.7. The number of hydrogen-bond acceptors (Lipinski definition) is 0. The Balaban J connectivity index is 0.000000103. The van der Waals surface area contributed by atoms with Crippen LogP contribution < -0.4 is 0 Å². The Hall–Kier alpha value is -16.6. The minimum absolute atomic E-state index is 1.26. The van der Waals surface area contributed by atoms with E-state index in [1.807, 2.05) is 0 Å². The first-order chi connectivity index (χ1) is 65.9. The first-order valence-corrected chi connectivity index (χ1v) is 47.1. The van der Waals surface area contributed by atoms with E-state index in [0.29, 0.717) is 0 Å². The summed E-state index contributed by atoms with van der Waals surface area (Å²) in [7, 11) is 0. The average Bonchev–Trinajstić information content (AvgIpc) is 1.54. The van der Waals surface area contributed by atoms with Crippen molar-refractivity contribution in [2.24, 2.45) is 0 Å². The van der Waals surface area contributed by atoms with Crippen LogP contribution in [0.15, 0.2) is 425 Å². The number of benzene rings is 26. The number of rotatable bonds is 6. The van der Waals surface area contributed by atoms with E-state index in [1.165, 1.54) is 318 Å². The van der Waals surface area contributed by atoms with Gasteiger partial charge in [-0.25, -0.2) is 0 Å². The third-order valence-corrected chi connectivity index (χ3v) is 29.9. The molecule has 0 N–H and O–H groups in total. The van der Waals surface area contributed by atoms with Crippen LogP contribution in [0, 0.1) is 41.5 Å². The molecule has 0 saturated carbocycles. The first-order valence-electron chi connectivity index (χ1n) is 47.1. The molecule has 134 heavy (non-hydrogen) atoms. The quantitative estimate of drug-likeness (QED) is 0.146. The number of fused-ring (bicyclic) bond motifs is 20. The standard InChI is InChI=1S/C50H32.2C42H28/c1-29-14-20-42-45(22-29)47(38-19-17-36-24-32-9-4-6-11-34(32)26-40(36)28-38)49-43-13-7-12-41-30(2)15-21-44(48(41)43)50(49)46(42)37-18-16-35-23-31-8-3-5-10-33(31)25-39(35)27-37;1-25-14-20-34-37(22-25)39(32-19-17-28-9-4-6-11-30(28)24-32)41-35-13-7-12-33-26(2)15-21-36(40(33)35)42(41)38(34)31-18-16-27-8-3-5-10-29(27)23-31;1-25-14-20-34-37(22-25)39(32-19-17-28-9-4-6-11-30(28)24-32)42-36-21-15-26(2)33-12-7-13-35(40(33)36)41(42)38(34)31-18-16-27-8-3-5-10-29(27)23-31/h3-28H,1-2H3;2*3-24H,1-2H3. The summed E-state index contributed by atoms with van der Waals surface area (Å²) in [6, 6.07) is 159. The minimum Gasteiger partial charge on any atom is -0.0616 e. The van der Waals surface area contributed by atoms with Crippen LogP contribution in [-0.4, -0.2) is 0 Å². The molecule has 0 heteroatoms. The van der Waals surface area contributed by atoms with Crippen molar-refractivity contribution in [3.8, 4) is 134 Å². The van der Waals surface area contributed by atoms with Crippen molar-refractivity contribution in [2.75, 3.05) is 0 Å². The fourth-order valence-electron chi connectivity index (χ4n) is 23.7. The lowest BCUT2D eigenvalue weighted by atomic mass is 9.81. The lowest BCUT2D eigenvalue weighted by molar-refractivity contribution is 1.50. The van der Waals surface area contributed by atoms with Gasteiger partial charge in [0.1, 0.15) is 0 Å². The van der Waals surface area contributed by atoms with Crippen LogP contribution in [0.4, 0.5) is 0 Å². The Morgan fingerprint density at radius 2 is 0.313 bits per heavy atom. The van der Waals surface area contributed by atoms with E-state index in [1.54, 1.807) is 0 Å². The number of aryl methyl sites for hydroxylation is 6. The van der Waals surface area contributed by atoms with Gasteiger partial charge in [0.15, 0.2) is 0 Å². The molecule has 0 heterocycles. The molecule has 3 aliphatic carbocycles. The van der Waals surface area contributed by atoms with Crippen molar-refractivity contribution in [1.82, 2.24) is 0 Å². The molecule has 0 spiro atoms. The smallest absolute Gasteiger partial charge is 0.000741 e. The molecule has 0 nitrogen and oxygen atoms in total. The Labute approximate surface area is 778 Å². The van der Waals surface area contributed by atoms with Gasteiger partial charge in [0.2, 0.25) is 0 Å². The van der Waals surface area contributed by atoms with Crippen molar-refractivity contribution in [3.05, 3.63) is 458 Å². The summed E-state index contributed by atoms with van der Waals surface area (Å²) in [6.07, 6.45) is 0. The maximum atomic E-state index is 2.42. The zero-order valence-electron chi connectivity index (χ0n) is 75.4. The Bertz CT molecular complexity index is 9410. The van der Waals surface area contributed by atoms with Gasteiger partial charge in [-0.05, 0) is 403 Å². The SMILES string of the molecule is Cc1ccc2c(-c3ccc4cc5ccccc5cc4c3)c3c(c(-c4ccc5cc6ccccc6cc5c4)c2c1)-c1cccc2c(C)ccc-3c12.Cc1ccc2c(-c3ccc4ccccc4c3)c3c(c(-c4ccc5ccccc5c4)c2c1)-c1ccc(C)c2cccc-3c12.Cc1ccc2c(-c3ccc4ccccc4c3)c3c(c(-c4ccc5ccccc5c4)c2c1)-c1cccc2c(C)ccc-3c12. The van der Waals surface area contributed by atoms with Crippen LogP contribution in [0.2, 0.25) is 0 Å². The first kappa shape index (κ1) is 77.3. The molecule has 26 aromatic carbocycles. The van der Waals surface area contributed by atoms with Crippen molar-refractivity contribution < 1.29 is 0 Å². The van der Waals surface area contributed by atoms with Crippen LogP contribution in [0.3, 0.4) is 0 Å². The zero-order chi connectivity index (χ0) is 89.0. The van der Waals surface area contributed by atoms with Gasteiger partial charge in [0.05, 0.1) is 0 Å². The molecule has 0 amide bonds. The summed E-state index contributed by atoms with van der Waals surface area (Å²) < 4.78 is 0. The summed E-state index contributed by atoms with van der Waals surface area (Å²) in [5.41, 5.74) is 39.5. The fraction of sp³-hybridized carbons (Fsp3) is 0.0448. The molecule has 29 rings (SSSR count). The lowest BCUT2D eigenvalue weighted by Gasteiger charge is -2.21. The molecule has 0 fully saturated rings. The predicted molar refractivity (Wildman–Crippen MR) is 579 cm³/mol. The normalized spacial score (nSPS) is 12.1. The van der Waals surface area contributed by atoms with Gasteiger partial charge in [0.25, 0.3) is 0 Å². The van der Waals surface area contributed by atoms with Crippen molar-refractivity contribution in [1.29, 1.82) is 0 Å². The maximum Gasteiger partial charge on any atom is -0.000741 e. The summed E-state index contributed by atoms with van der Waals surface area (Å²) in [5.74, 6) is 0. The second-order valence-electron chi connectivity index (χ2n) is 37.9. The molecule has 0 atom stereocenters. The number of hydrogen-bond donors (Lipinski definition) is 0. The zero-order valence-corrected chi connectivity index (χ0v) is 75.4. The van der Waals surface area contributed by atoms with Crippen molar-refractivity contribution >= 4 is 151 Å². The molecule has 0 radical (unpaired) electrons. The minimum atomic E-state index is 1.26. The van der Waals surface area contributed by atoms with Crippen molar-refractivity contribution in [3.63, 3.8) is 0 Å². The predicted octanol–water partition coefficient (Wildman–Crippen LogP) is 38.0. The Kier molecular flexibility index (Phi) is 17.3. The molecule has 26 aromatic rings. The third kappa shape index (κ3) is 11.9. The lowest BCUT2D eigenvalue weighted by Crippen LogP contribution is -1.94. The second kappa shape index (κ2) is 30.0. The Morgan fingerprint density at radius 3 is 0.575 bits per heavy atom. The van der Waals surface area contributed by atoms with Gasteiger partial charge in [-0.2, -0.15) is 0 Å². The topological polar surface area (TPSA) is 0 Å². The maximum absolute atomic E-state index is 2.42. The van der Waals surface area contributed by atoms with Gasteiger partial charge in [0, 0.05) is 0 Å². The van der Waals surface area contributed by atoms with E-state index in [0.717, 1.165) is 0 Å². The van der Waals surface area contributed by atoms with Gasteiger partial charge < -0.3 is 0 Å². The van der Waals surface area contributed by atoms with E-state index in [-0.39, 0.29) is 0 Å². The molecule has 3 aliphatic rings. The molecular weight excluding hydrogens is 1610 g/mol. The van der Waals surface area contributed by atoms with Crippen LogP contribution in [0.5, 0.6) is 0 Å².